The molecule has 3 aromatic carbocycles. The second-order valence-electron chi connectivity index (χ2n) is 7.10. The van der Waals surface area contributed by atoms with E-state index in [9.17, 15) is 14.5 Å². The van der Waals surface area contributed by atoms with Crippen molar-refractivity contribution in [3.8, 4) is 11.5 Å². The maximum Gasteiger partial charge on any atom is 0.295 e. The van der Waals surface area contributed by atoms with E-state index in [2.05, 4.69) is 29.6 Å². The summed E-state index contributed by atoms with van der Waals surface area (Å²) in [6, 6.07) is 18.1. The number of fused-ring (bicyclic) bond motifs is 1. The first-order chi connectivity index (χ1) is 14.0. The van der Waals surface area contributed by atoms with Crippen molar-refractivity contribution in [3.63, 3.8) is 0 Å². The number of halogens is 1. The monoisotopic (exact) mass is 393 g/mol. The van der Waals surface area contributed by atoms with Crippen LogP contribution in [0.1, 0.15) is 16.7 Å². The van der Waals surface area contributed by atoms with E-state index in [1.165, 1.54) is 11.1 Å². The summed E-state index contributed by atoms with van der Waals surface area (Å²) in [6.07, 6.45) is 2.05. The van der Waals surface area contributed by atoms with Gasteiger partial charge in [0.05, 0.1) is 11.0 Å². The molecular weight excluding hydrogens is 373 g/mol. The van der Waals surface area contributed by atoms with Crippen molar-refractivity contribution in [1.29, 1.82) is 0 Å². The molecule has 6 nitrogen and oxygen atoms in total. The number of nitrogens with two attached hydrogens (primary N) is 1. The summed E-state index contributed by atoms with van der Waals surface area (Å²) < 4.78 is 19.6. The van der Waals surface area contributed by atoms with Crippen LogP contribution >= 0.6 is 0 Å². The fourth-order valence-electron chi connectivity index (χ4n) is 3.56. The topological polar surface area (TPSA) is 90.4 Å². The maximum absolute atomic E-state index is 14.1. The fraction of sp³-hybridized carbons (Fsp3) is 0.182. The van der Waals surface area contributed by atoms with E-state index in [-0.39, 0.29) is 11.4 Å². The molecule has 4 rings (SSSR count). The minimum Gasteiger partial charge on any atom is -0.454 e. The van der Waals surface area contributed by atoms with Gasteiger partial charge in [0.25, 0.3) is 5.69 Å². The summed E-state index contributed by atoms with van der Waals surface area (Å²) in [5, 5.41) is 14.4. The fourth-order valence-corrected chi connectivity index (χ4v) is 3.56. The molecule has 0 atom stereocenters. The third kappa shape index (κ3) is 4.20. The van der Waals surface area contributed by atoms with E-state index in [1.54, 1.807) is 12.1 Å². The van der Waals surface area contributed by atoms with E-state index in [1.807, 2.05) is 12.1 Å². The van der Waals surface area contributed by atoms with Crippen molar-refractivity contribution >= 4 is 11.4 Å². The number of benzene rings is 3. The maximum atomic E-state index is 14.1. The van der Waals surface area contributed by atoms with Gasteiger partial charge in [0.2, 0.25) is 0 Å². The SMILES string of the molecule is Nc1cc(Oc2ccc(CNC3Cc4ccccc4C3)cc2)c(F)cc1[N+](=O)[O-]. The Bertz CT molecular complexity index is 1030. The molecule has 0 radical (unpaired) electrons. The minimum absolute atomic E-state index is 0.148. The van der Waals surface area contributed by atoms with Crippen LogP contribution in [-0.2, 0) is 19.4 Å². The van der Waals surface area contributed by atoms with Gasteiger partial charge in [-0.2, -0.15) is 0 Å². The second kappa shape index (κ2) is 7.89. The molecule has 0 fully saturated rings. The van der Waals surface area contributed by atoms with E-state index in [0.717, 1.165) is 37.1 Å². The summed E-state index contributed by atoms with van der Waals surface area (Å²) in [5.74, 6) is -0.561. The number of nitro benzene ring substituents is 1. The molecule has 0 heterocycles. The van der Waals surface area contributed by atoms with E-state index in [4.69, 9.17) is 10.5 Å². The highest BCUT2D eigenvalue weighted by Crippen LogP contribution is 2.32. The molecule has 3 aromatic rings. The number of nitrogens with one attached hydrogen (secondary N) is 1. The molecule has 0 saturated heterocycles. The summed E-state index contributed by atoms with van der Waals surface area (Å²) in [4.78, 5) is 10.1. The minimum atomic E-state index is -0.836. The van der Waals surface area contributed by atoms with Crippen LogP contribution in [0.15, 0.2) is 60.7 Å². The Balaban J connectivity index is 1.36. The number of anilines is 1. The van der Waals surface area contributed by atoms with Gasteiger partial charge < -0.3 is 15.8 Å². The molecule has 148 valence electrons. The van der Waals surface area contributed by atoms with Gasteiger partial charge in [0, 0.05) is 18.7 Å². The number of hydrogen-bond donors (Lipinski definition) is 2. The smallest absolute Gasteiger partial charge is 0.295 e. The van der Waals surface area contributed by atoms with Crippen molar-refractivity contribution in [3.05, 3.63) is 93.3 Å². The van der Waals surface area contributed by atoms with Crippen molar-refractivity contribution in [2.24, 2.45) is 0 Å². The van der Waals surface area contributed by atoms with Crippen LogP contribution in [0.2, 0.25) is 0 Å². The molecule has 0 bridgehead atoms. The van der Waals surface area contributed by atoms with Gasteiger partial charge >= 0.3 is 0 Å². The van der Waals surface area contributed by atoms with Crippen molar-refractivity contribution < 1.29 is 14.1 Å². The Hall–Kier alpha value is -3.45. The van der Waals surface area contributed by atoms with Gasteiger partial charge in [-0.3, -0.25) is 10.1 Å². The van der Waals surface area contributed by atoms with E-state index >= 15 is 0 Å². The van der Waals surface area contributed by atoms with Gasteiger partial charge in [0.1, 0.15) is 11.4 Å². The second-order valence-corrected chi connectivity index (χ2v) is 7.10. The highest BCUT2D eigenvalue weighted by Gasteiger charge is 2.20. The molecule has 3 N–H and O–H groups in total. The summed E-state index contributed by atoms with van der Waals surface area (Å²) >= 11 is 0. The van der Waals surface area contributed by atoms with E-state index < -0.39 is 16.4 Å². The predicted molar refractivity (Wildman–Crippen MR) is 108 cm³/mol. The number of nitro groups is 1. The lowest BCUT2D eigenvalue weighted by atomic mass is 10.1. The molecule has 0 unspecified atom stereocenters. The molecule has 0 aliphatic heterocycles. The van der Waals surface area contributed by atoms with Gasteiger partial charge in [-0.25, -0.2) is 4.39 Å². The number of hydrogen-bond acceptors (Lipinski definition) is 5. The molecule has 1 aliphatic rings. The zero-order valence-corrected chi connectivity index (χ0v) is 15.6. The molecule has 29 heavy (non-hydrogen) atoms. The highest BCUT2D eigenvalue weighted by atomic mass is 19.1. The van der Waals surface area contributed by atoms with Crippen molar-refractivity contribution in [1.82, 2.24) is 5.32 Å². The first kappa shape index (κ1) is 18.9. The zero-order chi connectivity index (χ0) is 20.4. The lowest BCUT2D eigenvalue weighted by Gasteiger charge is -2.13. The van der Waals surface area contributed by atoms with Gasteiger partial charge in [0.15, 0.2) is 11.6 Å². The Morgan fingerprint density at radius 2 is 1.76 bits per heavy atom. The van der Waals surface area contributed by atoms with E-state index in [0.29, 0.717) is 11.8 Å². The highest BCUT2D eigenvalue weighted by molar-refractivity contribution is 5.61. The summed E-state index contributed by atoms with van der Waals surface area (Å²) in [7, 11) is 0. The third-order valence-electron chi connectivity index (χ3n) is 5.07. The van der Waals surface area contributed by atoms with Crippen LogP contribution in [0.5, 0.6) is 11.5 Å². The Morgan fingerprint density at radius 3 is 2.38 bits per heavy atom. The third-order valence-corrected chi connectivity index (χ3v) is 5.07. The molecule has 0 aromatic heterocycles. The lowest BCUT2D eigenvalue weighted by molar-refractivity contribution is -0.384. The molecule has 1 aliphatic carbocycles. The van der Waals surface area contributed by atoms with Crippen molar-refractivity contribution in [2.45, 2.75) is 25.4 Å². The summed E-state index contributed by atoms with van der Waals surface area (Å²) in [5.41, 5.74) is 8.86. The standard InChI is InChI=1S/C22H20FN3O3/c23-19-11-21(26(27)28)20(24)12-22(19)29-18-7-5-14(6-8-18)13-25-17-9-15-3-1-2-4-16(15)10-17/h1-8,11-12,17,25H,9-10,13,24H2. The van der Waals surface area contributed by atoms with Crippen LogP contribution < -0.4 is 15.8 Å². The molecule has 7 heteroatoms. The molecule has 0 spiro atoms. The molecule has 0 saturated carbocycles. The van der Waals surface area contributed by atoms with Crippen LogP contribution in [0, 0.1) is 15.9 Å². The number of rotatable bonds is 6. The lowest BCUT2D eigenvalue weighted by Crippen LogP contribution is -2.28. The Kier molecular flexibility index (Phi) is 5.14. The average Bonchev–Trinajstić information content (AvgIpc) is 3.13. The Morgan fingerprint density at radius 1 is 1.10 bits per heavy atom. The van der Waals surface area contributed by atoms with Crippen LogP contribution in [0.4, 0.5) is 15.8 Å². The van der Waals surface area contributed by atoms with Gasteiger partial charge in [-0.15, -0.1) is 0 Å². The molecule has 0 amide bonds. The number of nitrogen functional groups attached to an aromatic ring is 1. The van der Waals surface area contributed by atoms with Crippen LogP contribution in [0.25, 0.3) is 0 Å². The first-order valence-electron chi connectivity index (χ1n) is 9.30. The number of nitrogens with zero attached hydrogens (tertiary/aromatic N) is 1. The average molecular weight is 393 g/mol. The van der Waals surface area contributed by atoms with Gasteiger partial charge in [-0.05, 0) is 41.7 Å². The first-order valence-corrected chi connectivity index (χ1v) is 9.30. The van der Waals surface area contributed by atoms with Crippen LogP contribution in [-0.4, -0.2) is 11.0 Å². The predicted octanol–water partition coefficient (Wildman–Crippen LogP) is 4.37. The Labute approximate surface area is 167 Å². The number of ether oxygens (including phenoxy) is 1. The summed E-state index contributed by atoms with van der Waals surface area (Å²) in [6.45, 7) is 0.720. The molecular formula is C22H20FN3O3. The largest absolute Gasteiger partial charge is 0.454 e. The zero-order valence-electron chi connectivity index (χ0n) is 15.6. The van der Waals surface area contributed by atoms with Gasteiger partial charge in [-0.1, -0.05) is 36.4 Å². The van der Waals surface area contributed by atoms with Crippen LogP contribution in [0.3, 0.4) is 0 Å². The van der Waals surface area contributed by atoms with Crippen molar-refractivity contribution in [2.75, 3.05) is 5.73 Å². The quantitative estimate of drug-likeness (QED) is 0.369. The normalized spacial score (nSPS) is 13.3.